The number of rotatable bonds is 5. The molecule has 0 saturated heterocycles. The summed E-state index contributed by atoms with van der Waals surface area (Å²) in [5, 5.41) is 2.85. The zero-order valence-corrected chi connectivity index (χ0v) is 11.3. The molecule has 0 aliphatic heterocycles. The molecule has 0 spiro atoms. The van der Waals surface area contributed by atoms with Crippen LogP contribution in [-0.2, 0) is 11.2 Å². The highest BCUT2D eigenvalue weighted by molar-refractivity contribution is 5.76. The van der Waals surface area contributed by atoms with Crippen molar-refractivity contribution in [3.8, 4) is 0 Å². The number of carbonyl (C=O) groups excluding carboxylic acids is 1. The number of benzene rings is 1. The molecule has 0 aliphatic carbocycles. The largest absolute Gasteiger partial charge is 0.441 e. The number of fused-ring (bicyclic) bond motifs is 1. The molecule has 0 fully saturated rings. The summed E-state index contributed by atoms with van der Waals surface area (Å²) in [6.45, 7) is 4.25. The van der Waals surface area contributed by atoms with E-state index < -0.39 is 0 Å². The van der Waals surface area contributed by atoms with Crippen LogP contribution in [0.1, 0.15) is 24.8 Å². The zero-order valence-electron chi connectivity index (χ0n) is 11.3. The third-order valence-electron chi connectivity index (χ3n) is 2.80. The maximum atomic E-state index is 11.4. The number of aryl methyl sites for hydroxylation is 1. The van der Waals surface area contributed by atoms with Crippen LogP contribution in [0.15, 0.2) is 22.6 Å². The van der Waals surface area contributed by atoms with Crippen molar-refractivity contribution in [1.29, 1.82) is 0 Å². The van der Waals surface area contributed by atoms with E-state index in [0.717, 1.165) is 23.1 Å². The van der Waals surface area contributed by atoms with Gasteiger partial charge in [0.2, 0.25) is 5.91 Å². The first kappa shape index (κ1) is 13.5. The van der Waals surface area contributed by atoms with Gasteiger partial charge in [-0.05, 0) is 31.0 Å². The molecule has 5 nitrogen and oxygen atoms in total. The molecule has 0 radical (unpaired) electrons. The SMILES string of the molecule is Cc1nc2ccc(CCNC(=O)CC(C)N)cc2o1. The second-order valence-corrected chi connectivity index (χ2v) is 4.82. The predicted molar refractivity (Wildman–Crippen MR) is 73.7 cm³/mol. The summed E-state index contributed by atoms with van der Waals surface area (Å²) in [6.07, 6.45) is 1.13. The number of hydrogen-bond donors (Lipinski definition) is 2. The Balaban J connectivity index is 1.89. The number of nitrogens with one attached hydrogen (secondary N) is 1. The molecule has 2 aromatic rings. The van der Waals surface area contributed by atoms with Crippen molar-refractivity contribution in [3.05, 3.63) is 29.7 Å². The van der Waals surface area contributed by atoms with Gasteiger partial charge in [-0.25, -0.2) is 4.98 Å². The van der Waals surface area contributed by atoms with E-state index in [1.165, 1.54) is 0 Å². The van der Waals surface area contributed by atoms with Gasteiger partial charge in [-0.2, -0.15) is 0 Å². The fraction of sp³-hybridized carbons (Fsp3) is 0.429. The summed E-state index contributed by atoms with van der Waals surface area (Å²) >= 11 is 0. The van der Waals surface area contributed by atoms with Gasteiger partial charge >= 0.3 is 0 Å². The highest BCUT2D eigenvalue weighted by Crippen LogP contribution is 2.16. The Morgan fingerprint density at radius 2 is 2.32 bits per heavy atom. The summed E-state index contributed by atoms with van der Waals surface area (Å²) in [7, 11) is 0. The van der Waals surface area contributed by atoms with Crippen molar-refractivity contribution >= 4 is 17.0 Å². The summed E-state index contributed by atoms with van der Waals surface area (Å²) in [5.74, 6) is 0.656. The van der Waals surface area contributed by atoms with Gasteiger partial charge in [-0.1, -0.05) is 6.07 Å². The number of amides is 1. The summed E-state index contributed by atoms with van der Waals surface area (Å²) < 4.78 is 5.47. The van der Waals surface area contributed by atoms with Crippen LogP contribution in [0.5, 0.6) is 0 Å². The van der Waals surface area contributed by atoms with Crippen LogP contribution in [-0.4, -0.2) is 23.5 Å². The minimum absolute atomic E-state index is 0.00779. The third-order valence-corrected chi connectivity index (χ3v) is 2.80. The molecule has 19 heavy (non-hydrogen) atoms. The number of nitrogens with zero attached hydrogens (tertiary/aromatic N) is 1. The first-order valence-electron chi connectivity index (χ1n) is 6.43. The van der Waals surface area contributed by atoms with Crippen molar-refractivity contribution < 1.29 is 9.21 Å². The Morgan fingerprint density at radius 3 is 3.05 bits per heavy atom. The van der Waals surface area contributed by atoms with Gasteiger partial charge in [0.05, 0.1) is 0 Å². The number of hydrogen-bond acceptors (Lipinski definition) is 4. The first-order valence-corrected chi connectivity index (χ1v) is 6.43. The Kier molecular flexibility index (Phi) is 4.16. The van der Waals surface area contributed by atoms with Gasteiger partial charge in [-0.15, -0.1) is 0 Å². The zero-order chi connectivity index (χ0) is 13.8. The molecule has 1 aromatic carbocycles. The molecule has 0 bridgehead atoms. The van der Waals surface area contributed by atoms with Crippen LogP contribution >= 0.6 is 0 Å². The lowest BCUT2D eigenvalue weighted by atomic mass is 10.1. The highest BCUT2D eigenvalue weighted by Gasteiger charge is 2.05. The third kappa shape index (κ3) is 3.79. The molecule has 1 amide bonds. The van der Waals surface area contributed by atoms with Crippen LogP contribution < -0.4 is 11.1 Å². The van der Waals surface area contributed by atoms with Gasteiger partial charge in [0.1, 0.15) is 5.52 Å². The quantitative estimate of drug-likeness (QED) is 0.855. The van der Waals surface area contributed by atoms with Crippen LogP contribution in [0.2, 0.25) is 0 Å². The average Bonchev–Trinajstić information content (AvgIpc) is 2.67. The first-order chi connectivity index (χ1) is 9.04. The molecule has 0 saturated carbocycles. The maximum absolute atomic E-state index is 11.4. The van der Waals surface area contributed by atoms with Crippen LogP contribution in [0.3, 0.4) is 0 Å². The van der Waals surface area contributed by atoms with Gasteiger partial charge in [0, 0.05) is 25.9 Å². The average molecular weight is 261 g/mol. The Bertz CT molecular complexity index is 575. The highest BCUT2D eigenvalue weighted by atomic mass is 16.3. The van der Waals surface area contributed by atoms with Gasteiger partial charge in [0.25, 0.3) is 0 Å². The predicted octanol–water partition coefficient (Wildman–Crippen LogP) is 1.53. The Hall–Kier alpha value is -1.88. The maximum Gasteiger partial charge on any atom is 0.221 e. The summed E-state index contributed by atoms with van der Waals surface area (Å²) in [6, 6.07) is 5.80. The minimum atomic E-state index is -0.103. The van der Waals surface area contributed by atoms with E-state index in [1.807, 2.05) is 32.0 Å². The molecule has 1 atom stereocenters. The van der Waals surface area contributed by atoms with E-state index in [4.69, 9.17) is 10.2 Å². The molecule has 5 heteroatoms. The van der Waals surface area contributed by atoms with E-state index >= 15 is 0 Å². The molecular weight excluding hydrogens is 242 g/mol. The van der Waals surface area contributed by atoms with E-state index in [0.29, 0.717) is 18.9 Å². The van der Waals surface area contributed by atoms with Crippen molar-refractivity contribution in [2.75, 3.05) is 6.54 Å². The van der Waals surface area contributed by atoms with Crippen LogP contribution in [0.25, 0.3) is 11.1 Å². The van der Waals surface area contributed by atoms with Crippen LogP contribution in [0, 0.1) is 6.92 Å². The van der Waals surface area contributed by atoms with Gasteiger partial charge < -0.3 is 15.5 Å². The summed E-state index contributed by atoms with van der Waals surface area (Å²) in [5.41, 5.74) is 8.33. The Labute approximate surface area is 112 Å². The molecular formula is C14H19N3O2. The molecule has 2 rings (SSSR count). The molecule has 1 aromatic heterocycles. The van der Waals surface area contributed by atoms with E-state index in [9.17, 15) is 4.79 Å². The molecule has 102 valence electrons. The fourth-order valence-corrected chi connectivity index (χ4v) is 1.95. The van der Waals surface area contributed by atoms with Crippen LogP contribution in [0.4, 0.5) is 0 Å². The second-order valence-electron chi connectivity index (χ2n) is 4.82. The van der Waals surface area contributed by atoms with Gasteiger partial charge in [-0.3, -0.25) is 4.79 Å². The number of aromatic nitrogens is 1. The molecule has 0 aliphatic rings. The lowest BCUT2D eigenvalue weighted by Gasteiger charge is -2.07. The number of carbonyl (C=O) groups is 1. The number of oxazole rings is 1. The van der Waals surface area contributed by atoms with Crippen molar-refractivity contribution in [2.24, 2.45) is 5.73 Å². The molecule has 1 unspecified atom stereocenters. The fourth-order valence-electron chi connectivity index (χ4n) is 1.95. The van der Waals surface area contributed by atoms with E-state index in [1.54, 1.807) is 0 Å². The minimum Gasteiger partial charge on any atom is -0.441 e. The molecule has 3 N–H and O–H groups in total. The summed E-state index contributed by atoms with van der Waals surface area (Å²) in [4.78, 5) is 15.7. The molecule has 1 heterocycles. The monoisotopic (exact) mass is 261 g/mol. The van der Waals surface area contributed by atoms with E-state index in [2.05, 4.69) is 10.3 Å². The second kappa shape index (κ2) is 5.84. The van der Waals surface area contributed by atoms with E-state index in [-0.39, 0.29) is 11.9 Å². The lowest BCUT2D eigenvalue weighted by Crippen LogP contribution is -2.31. The Morgan fingerprint density at radius 1 is 1.53 bits per heavy atom. The topological polar surface area (TPSA) is 81.2 Å². The standard InChI is InChI=1S/C14H19N3O2/c1-9(15)7-14(18)16-6-5-11-3-4-12-13(8-11)19-10(2)17-12/h3-4,8-9H,5-7,15H2,1-2H3,(H,16,18). The smallest absolute Gasteiger partial charge is 0.221 e. The van der Waals surface area contributed by atoms with Crippen molar-refractivity contribution in [3.63, 3.8) is 0 Å². The van der Waals surface area contributed by atoms with Crippen molar-refractivity contribution in [2.45, 2.75) is 32.7 Å². The number of nitrogens with two attached hydrogens (primary N) is 1. The van der Waals surface area contributed by atoms with Gasteiger partial charge in [0.15, 0.2) is 11.5 Å². The van der Waals surface area contributed by atoms with Crippen molar-refractivity contribution in [1.82, 2.24) is 10.3 Å². The lowest BCUT2D eigenvalue weighted by molar-refractivity contribution is -0.121. The normalized spacial score (nSPS) is 12.6.